The fourth-order valence-corrected chi connectivity index (χ4v) is 1.07. The standard InChI is InChI=1S/C11H13BF3O/c1-3-9(2)8-16-11-6-4-10(5-7-11)12(13,14)15/h4-7H,2-3,8H2,1H3/q-1. The lowest BCUT2D eigenvalue weighted by Gasteiger charge is -2.15. The summed E-state index contributed by atoms with van der Waals surface area (Å²) < 4.78 is 42.2. The van der Waals surface area contributed by atoms with Crippen LogP contribution >= 0.6 is 0 Å². The molecule has 1 aromatic carbocycles. The van der Waals surface area contributed by atoms with Crippen molar-refractivity contribution < 1.29 is 17.7 Å². The second-order valence-corrected chi connectivity index (χ2v) is 3.54. The Morgan fingerprint density at radius 3 is 2.25 bits per heavy atom. The summed E-state index contributed by atoms with van der Waals surface area (Å²) in [5.74, 6) is 0.429. The van der Waals surface area contributed by atoms with E-state index in [1.165, 1.54) is 12.1 Å². The van der Waals surface area contributed by atoms with E-state index in [-0.39, 0.29) is 0 Å². The molecule has 0 aliphatic carbocycles. The van der Waals surface area contributed by atoms with Gasteiger partial charge in [0.2, 0.25) is 0 Å². The maximum absolute atomic E-state index is 12.3. The van der Waals surface area contributed by atoms with Gasteiger partial charge in [-0.05, 0) is 24.1 Å². The van der Waals surface area contributed by atoms with Crippen molar-refractivity contribution in [2.75, 3.05) is 6.61 Å². The molecule has 0 fully saturated rings. The molecule has 16 heavy (non-hydrogen) atoms. The predicted octanol–water partition coefficient (Wildman–Crippen LogP) is 3.09. The van der Waals surface area contributed by atoms with Crippen molar-refractivity contribution in [2.24, 2.45) is 0 Å². The largest absolute Gasteiger partial charge is 0.509 e. The monoisotopic (exact) mass is 229 g/mol. The van der Waals surface area contributed by atoms with E-state index in [2.05, 4.69) is 6.58 Å². The highest BCUT2D eigenvalue weighted by Crippen LogP contribution is 2.14. The van der Waals surface area contributed by atoms with Crippen LogP contribution in [0.25, 0.3) is 0 Å². The van der Waals surface area contributed by atoms with Crippen molar-refractivity contribution in [2.45, 2.75) is 13.3 Å². The first-order valence-corrected chi connectivity index (χ1v) is 5.03. The zero-order valence-corrected chi connectivity index (χ0v) is 9.05. The van der Waals surface area contributed by atoms with E-state index in [0.29, 0.717) is 12.4 Å². The molecule has 0 aliphatic heterocycles. The molecule has 0 N–H and O–H groups in total. The average Bonchev–Trinajstić information content (AvgIpc) is 2.25. The summed E-state index contributed by atoms with van der Waals surface area (Å²) in [5, 5.41) is 0. The molecule has 0 amide bonds. The topological polar surface area (TPSA) is 9.23 Å². The van der Waals surface area contributed by atoms with Crippen LogP contribution in [0.4, 0.5) is 12.9 Å². The van der Waals surface area contributed by atoms with Crippen molar-refractivity contribution in [1.29, 1.82) is 0 Å². The number of hydrogen-bond acceptors (Lipinski definition) is 1. The lowest BCUT2D eigenvalue weighted by atomic mass is 9.80. The minimum absolute atomic E-state index is 0.340. The van der Waals surface area contributed by atoms with Crippen molar-refractivity contribution in [1.82, 2.24) is 0 Å². The average molecular weight is 229 g/mol. The van der Waals surface area contributed by atoms with Crippen molar-refractivity contribution in [3.63, 3.8) is 0 Å². The molecule has 0 unspecified atom stereocenters. The van der Waals surface area contributed by atoms with Crippen molar-refractivity contribution in [3.05, 3.63) is 36.4 Å². The Balaban J connectivity index is 2.62. The molecule has 0 aromatic heterocycles. The molecule has 1 rings (SSSR count). The number of halogens is 3. The molecule has 0 saturated carbocycles. The van der Waals surface area contributed by atoms with Gasteiger partial charge in [0.15, 0.2) is 0 Å². The molecule has 5 heteroatoms. The molecular formula is C11H13BF3O-. The highest BCUT2D eigenvalue weighted by Gasteiger charge is 2.24. The molecule has 1 nitrogen and oxygen atoms in total. The van der Waals surface area contributed by atoms with Gasteiger partial charge >= 0.3 is 6.98 Å². The van der Waals surface area contributed by atoms with Crippen LogP contribution in [0.15, 0.2) is 36.4 Å². The minimum Gasteiger partial charge on any atom is -0.489 e. The van der Waals surface area contributed by atoms with Crippen LogP contribution in [-0.2, 0) is 0 Å². The fourth-order valence-electron chi connectivity index (χ4n) is 1.07. The van der Waals surface area contributed by atoms with Gasteiger partial charge in [-0.2, -0.15) is 0 Å². The van der Waals surface area contributed by atoms with E-state index in [1.807, 2.05) is 6.92 Å². The smallest absolute Gasteiger partial charge is 0.489 e. The molecule has 0 heterocycles. The highest BCUT2D eigenvalue weighted by atomic mass is 19.4. The van der Waals surface area contributed by atoms with Gasteiger partial charge in [-0.25, -0.2) is 0 Å². The molecule has 0 spiro atoms. The summed E-state index contributed by atoms with van der Waals surface area (Å²) in [7, 11) is 0. The second kappa shape index (κ2) is 5.10. The summed E-state index contributed by atoms with van der Waals surface area (Å²) in [6.45, 7) is 1.11. The van der Waals surface area contributed by atoms with Crippen LogP contribution in [0.5, 0.6) is 5.75 Å². The third-order valence-corrected chi connectivity index (χ3v) is 2.20. The van der Waals surface area contributed by atoms with E-state index >= 15 is 0 Å². The number of ether oxygens (including phenoxy) is 1. The van der Waals surface area contributed by atoms with Crippen LogP contribution < -0.4 is 10.2 Å². The molecule has 0 radical (unpaired) electrons. The number of benzene rings is 1. The highest BCUT2D eigenvalue weighted by molar-refractivity contribution is 6.73. The predicted molar refractivity (Wildman–Crippen MR) is 60.1 cm³/mol. The van der Waals surface area contributed by atoms with E-state index in [1.54, 1.807) is 0 Å². The van der Waals surface area contributed by atoms with Gasteiger partial charge in [-0.1, -0.05) is 25.6 Å². The summed E-state index contributed by atoms with van der Waals surface area (Å²) in [6, 6.07) is 4.72. The number of hydrogen-bond donors (Lipinski definition) is 0. The Hall–Kier alpha value is -1.39. The van der Waals surface area contributed by atoms with Crippen LogP contribution in [-0.4, -0.2) is 13.6 Å². The zero-order valence-electron chi connectivity index (χ0n) is 9.05. The fraction of sp³-hybridized carbons (Fsp3) is 0.273. The van der Waals surface area contributed by atoms with Gasteiger partial charge in [0.05, 0.1) is 0 Å². The molecule has 88 valence electrons. The Bertz CT molecular complexity index is 356. The zero-order chi connectivity index (χ0) is 12.2. The van der Waals surface area contributed by atoms with Crippen LogP contribution in [0.2, 0.25) is 0 Å². The Kier molecular flexibility index (Phi) is 4.04. The number of rotatable bonds is 5. The lowest BCUT2D eigenvalue weighted by molar-refractivity contribution is 0.349. The molecule has 0 saturated heterocycles. The quantitative estimate of drug-likeness (QED) is 0.556. The van der Waals surface area contributed by atoms with Gasteiger partial charge < -0.3 is 17.7 Å². The second-order valence-electron chi connectivity index (χ2n) is 3.54. The molecule has 0 bridgehead atoms. The molecule has 1 aromatic rings. The van der Waals surface area contributed by atoms with E-state index in [0.717, 1.165) is 24.1 Å². The van der Waals surface area contributed by atoms with Crippen molar-refractivity contribution >= 4 is 12.4 Å². The first-order valence-electron chi connectivity index (χ1n) is 5.03. The van der Waals surface area contributed by atoms with Crippen LogP contribution in [0.3, 0.4) is 0 Å². The van der Waals surface area contributed by atoms with E-state index < -0.39 is 12.4 Å². The Labute approximate surface area is 93.0 Å². The Morgan fingerprint density at radius 1 is 1.25 bits per heavy atom. The van der Waals surface area contributed by atoms with Gasteiger partial charge in [-0.15, -0.1) is 5.46 Å². The summed E-state index contributed by atoms with van der Waals surface area (Å²) in [6.07, 6.45) is 0.795. The first-order chi connectivity index (χ1) is 7.43. The van der Waals surface area contributed by atoms with Gasteiger partial charge in [0.25, 0.3) is 0 Å². The molecular weight excluding hydrogens is 216 g/mol. The molecule has 0 aliphatic rings. The maximum atomic E-state index is 12.3. The normalized spacial score (nSPS) is 11.2. The van der Waals surface area contributed by atoms with Crippen molar-refractivity contribution in [3.8, 4) is 5.75 Å². The van der Waals surface area contributed by atoms with Gasteiger partial charge in [-0.3, -0.25) is 0 Å². The van der Waals surface area contributed by atoms with Gasteiger partial charge in [0.1, 0.15) is 12.4 Å². The van der Waals surface area contributed by atoms with E-state index in [9.17, 15) is 12.9 Å². The SMILES string of the molecule is C=C(CC)COc1ccc([B-](F)(F)F)cc1. The lowest BCUT2D eigenvalue weighted by Crippen LogP contribution is -2.33. The molecule has 0 atom stereocenters. The Morgan fingerprint density at radius 2 is 1.81 bits per heavy atom. The summed E-state index contributed by atoms with van der Waals surface area (Å²) in [5.41, 5.74) is 0.297. The van der Waals surface area contributed by atoms with Crippen LogP contribution in [0.1, 0.15) is 13.3 Å². The first kappa shape index (κ1) is 12.7. The van der Waals surface area contributed by atoms with Crippen LogP contribution in [0, 0.1) is 0 Å². The van der Waals surface area contributed by atoms with E-state index in [4.69, 9.17) is 4.74 Å². The van der Waals surface area contributed by atoms with Gasteiger partial charge in [0, 0.05) is 0 Å². The minimum atomic E-state index is -4.92. The summed E-state index contributed by atoms with van der Waals surface area (Å²) >= 11 is 0. The third kappa shape index (κ3) is 3.64. The maximum Gasteiger partial charge on any atom is 0.509 e. The third-order valence-electron chi connectivity index (χ3n) is 2.20. The summed E-state index contributed by atoms with van der Waals surface area (Å²) in [4.78, 5) is 0.